The molecule has 1 aromatic carbocycles. The minimum absolute atomic E-state index is 0.350. The van der Waals surface area contributed by atoms with Crippen LogP contribution in [-0.2, 0) is 11.2 Å². The molecule has 1 heterocycles. The van der Waals surface area contributed by atoms with Gasteiger partial charge in [-0.15, -0.1) is 0 Å². The van der Waals surface area contributed by atoms with Gasteiger partial charge in [0, 0.05) is 25.9 Å². The van der Waals surface area contributed by atoms with Gasteiger partial charge in [-0.05, 0) is 24.1 Å². The van der Waals surface area contributed by atoms with Gasteiger partial charge in [-0.2, -0.15) is 0 Å². The molecule has 0 amide bonds. The quantitative estimate of drug-likeness (QED) is 0.834. The van der Waals surface area contributed by atoms with Crippen LogP contribution in [0.25, 0.3) is 0 Å². The average Bonchev–Trinajstić information content (AvgIpc) is 2.68. The van der Waals surface area contributed by atoms with E-state index in [0.717, 1.165) is 25.2 Å². The summed E-state index contributed by atoms with van der Waals surface area (Å²) in [7, 11) is 1.67. The molecule has 0 atom stereocenters. The number of rotatable bonds is 4. The predicted octanol–water partition coefficient (Wildman–Crippen LogP) is 1.39. The van der Waals surface area contributed by atoms with Gasteiger partial charge in [0.1, 0.15) is 0 Å². The summed E-state index contributed by atoms with van der Waals surface area (Å²) in [6.07, 6.45) is 0.985. The zero-order valence-electron chi connectivity index (χ0n) is 9.27. The Kier molecular flexibility index (Phi) is 3.10. The second-order valence-electron chi connectivity index (χ2n) is 3.88. The highest BCUT2D eigenvalue weighted by atomic mass is 16.5. The number of carboxylic acid groups (broad SMARTS) is 1. The van der Waals surface area contributed by atoms with E-state index in [9.17, 15) is 4.79 Å². The Hall–Kier alpha value is -1.55. The van der Waals surface area contributed by atoms with Crippen molar-refractivity contribution in [3.63, 3.8) is 0 Å². The summed E-state index contributed by atoms with van der Waals surface area (Å²) in [5.74, 6) is -0.874. The standard InChI is InChI=1S/C12H15NO3/c1-16-7-6-13-5-4-9-2-3-10(12(14)15)8-11(9)13/h2-3,8H,4-7H2,1H3,(H,14,15). The molecule has 0 aliphatic carbocycles. The van der Waals surface area contributed by atoms with Gasteiger partial charge in [-0.1, -0.05) is 6.07 Å². The number of carbonyl (C=O) groups is 1. The van der Waals surface area contributed by atoms with Crippen molar-refractivity contribution in [3.05, 3.63) is 29.3 Å². The number of ether oxygens (including phenoxy) is 1. The van der Waals surface area contributed by atoms with Gasteiger partial charge >= 0.3 is 5.97 Å². The molecule has 0 saturated heterocycles. The first-order chi connectivity index (χ1) is 7.72. The summed E-state index contributed by atoms with van der Waals surface area (Å²) >= 11 is 0. The Morgan fingerprint density at radius 3 is 3.06 bits per heavy atom. The minimum atomic E-state index is -0.874. The molecule has 2 rings (SSSR count). The zero-order chi connectivity index (χ0) is 11.5. The van der Waals surface area contributed by atoms with Crippen molar-refractivity contribution in [1.29, 1.82) is 0 Å². The number of methoxy groups -OCH3 is 1. The van der Waals surface area contributed by atoms with Crippen LogP contribution in [0.2, 0.25) is 0 Å². The third-order valence-electron chi connectivity index (χ3n) is 2.89. The van der Waals surface area contributed by atoms with Crippen LogP contribution in [0.15, 0.2) is 18.2 Å². The van der Waals surface area contributed by atoms with Gasteiger partial charge in [0.25, 0.3) is 0 Å². The van der Waals surface area contributed by atoms with Crippen molar-refractivity contribution in [2.45, 2.75) is 6.42 Å². The molecule has 0 bridgehead atoms. The first kappa shape index (κ1) is 11.0. The van der Waals surface area contributed by atoms with E-state index in [1.807, 2.05) is 6.07 Å². The van der Waals surface area contributed by atoms with Crippen LogP contribution >= 0.6 is 0 Å². The van der Waals surface area contributed by atoms with Crippen LogP contribution in [0.5, 0.6) is 0 Å². The molecule has 86 valence electrons. The lowest BCUT2D eigenvalue weighted by Crippen LogP contribution is -2.24. The van der Waals surface area contributed by atoms with Gasteiger partial charge in [0.05, 0.1) is 12.2 Å². The van der Waals surface area contributed by atoms with Crippen LogP contribution in [0.1, 0.15) is 15.9 Å². The fourth-order valence-corrected chi connectivity index (χ4v) is 2.01. The first-order valence-corrected chi connectivity index (χ1v) is 5.32. The Labute approximate surface area is 94.4 Å². The maximum absolute atomic E-state index is 10.9. The minimum Gasteiger partial charge on any atom is -0.478 e. The fraction of sp³-hybridized carbons (Fsp3) is 0.417. The SMILES string of the molecule is COCCN1CCc2ccc(C(=O)O)cc21. The van der Waals surface area contributed by atoms with Crippen molar-refractivity contribution < 1.29 is 14.6 Å². The lowest BCUT2D eigenvalue weighted by molar-refractivity contribution is 0.0697. The molecule has 0 saturated carbocycles. The molecule has 4 heteroatoms. The number of fused-ring (bicyclic) bond motifs is 1. The molecule has 1 aromatic rings. The lowest BCUT2D eigenvalue weighted by Gasteiger charge is -2.18. The molecule has 0 spiro atoms. The van der Waals surface area contributed by atoms with E-state index < -0.39 is 5.97 Å². The molecule has 0 fully saturated rings. The molecular formula is C12H15NO3. The molecular weight excluding hydrogens is 206 g/mol. The molecule has 1 N–H and O–H groups in total. The smallest absolute Gasteiger partial charge is 0.335 e. The summed E-state index contributed by atoms with van der Waals surface area (Å²) in [6.45, 7) is 2.42. The number of aromatic carboxylic acids is 1. The Morgan fingerprint density at radius 1 is 1.56 bits per heavy atom. The summed E-state index contributed by atoms with van der Waals surface area (Å²) in [5, 5.41) is 8.94. The lowest BCUT2D eigenvalue weighted by atomic mass is 10.1. The molecule has 4 nitrogen and oxygen atoms in total. The predicted molar refractivity (Wildman–Crippen MR) is 61.2 cm³/mol. The third-order valence-corrected chi connectivity index (χ3v) is 2.89. The van der Waals surface area contributed by atoms with Gasteiger partial charge in [0.2, 0.25) is 0 Å². The highest BCUT2D eigenvalue weighted by Crippen LogP contribution is 2.28. The molecule has 0 aromatic heterocycles. The topological polar surface area (TPSA) is 49.8 Å². The Morgan fingerprint density at radius 2 is 2.38 bits per heavy atom. The summed E-state index contributed by atoms with van der Waals surface area (Å²) in [6, 6.07) is 5.33. The van der Waals surface area contributed by atoms with Crippen LogP contribution in [-0.4, -0.2) is 37.9 Å². The maximum atomic E-state index is 10.9. The van der Waals surface area contributed by atoms with E-state index in [1.54, 1.807) is 19.2 Å². The second-order valence-corrected chi connectivity index (χ2v) is 3.88. The number of carboxylic acids is 1. The van der Waals surface area contributed by atoms with E-state index >= 15 is 0 Å². The normalized spacial score (nSPS) is 13.9. The van der Waals surface area contributed by atoms with Crippen molar-refractivity contribution in [2.24, 2.45) is 0 Å². The van der Waals surface area contributed by atoms with Crippen molar-refractivity contribution in [3.8, 4) is 0 Å². The highest BCUT2D eigenvalue weighted by Gasteiger charge is 2.19. The molecule has 1 aliphatic heterocycles. The monoisotopic (exact) mass is 221 g/mol. The van der Waals surface area contributed by atoms with Gasteiger partial charge in [-0.3, -0.25) is 0 Å². The summed E-state index contributed by atoms with van der Waals surface area (Å²) in [5.41, 5.74) is 2.61. The number of anilines is 1. The first-order valence-electron chi connectivity index (χ1n) is 5.32. The molecule has 16 heavy (non-hydrogen) atoms. The van der Waals surface area contributed by atoms with Crippen molar-refractivity contribution in [2.75, 3.05) is 31.7 Å². The second kappa shape index (κ2) is 4.53. The van der Waals surface area contributed by atoms with Crippen LogP contribution < -0.4 is 4.90 Å². The van der Waals surface area contributed by atoms with Crippen LogP contribution in [0, 0.1) is 0 Å². The van der Waals surface area contributed by atoms with Crippen molar-refractivity contribution >= 4 is 11.7 Å². The van der Waals surface area contributed by atoms with Crippen LogP contribution in [0.4, 0.5) is 5.69 Å². The van der Waals surface area contributed by atoms with Gasteiger partial charge in [-0.25, -0.2) is 4.79 Å². The molecule has 0 radical (unpaired) electrons. The average molecular weight is 221 g/mol. The third kappa shape index (κ3) is 2.02. The Bertz CT molecular complexity index is 403. The van der Waals surface area contributed by atoms with E-state index in [2.05, 4.69) is 4.90 Å². The maximum Gasteiger partial charge on any atom is 0.335 e. The largest absolute Gasteiger partial charge is 0.478 e. The summed E-state index contributed by atoms with van der Waals surface area (Å²) in [4.78, 5) is 13.1. The van der Waals surface area contributed by atoms with E-state index in [1.165, 1.54) is 5.56 Å². The van der Waals surface area contributed by atoms with Crippen molar-refractivity contribution in [1.82, 2.24) is 0 Å². The summed E-state index contributed by atoms with van der Waals surface area (Å²) < 4.78 is 5.04. The van der Waals surface area contributed by atoms with Gasteiger partial charge in [0.15, 0.2) is 0 Å². The molecule has 0 unspecified atom stereocenters. The van der Waals surface area contributed by atoms with E-state index in [0.29, 0.717) is 12.2 Å². The fourth-order valence-electron chi connectivity index (χ4n) is 2.01. The van der Waals surface area contributed by atoms with Gasteiger partial charge < -0.3 is 14.7 Å². The molecule has 1 aliphatic rings. The number of nitrogens with zero attached hydrogens (tertiary/aromatic N) is 1. The number of hydrogen-bond donors (Lipinski definition) is 1. The van der Waals surface area contributed by atoms with E-state index in [4.69, 9.17) is 9.84 Å². The zero-order valence-corrected chi connectivity index (χ0v) is 9.27. The van der Waals surface area contributed by atoms with E-state index in [-0.39, 0.29) is 0 Å². The number of benzene rings is 1. The Balaban J connectivity index is 2.22. The van der Waals surface area contributed by atoms with Crippen LogP contribution in [0.3, 0.4) is 0 Å². The number of hydrogen-bond acceptors (Lipinski definition) is 3. The highest BCUT2D eigenvalue weighted by molar-refractivity contribution is 5.89.